The van der Waals surface area contributed by atoms with E-state index in [4.69, 9.17) is 5.11 Å². The highest BCUT2D eigenvalue weighted by Crippen LogP contribution is 2.11. The van der Waals surface area contributed by atoms with E-state index in [1.807, 2.05) is 6.92 Å². The van der Waals surface area contributed by atoms with E-state index in [1.54, 1.807) is 18.3 Å². The fourth-order valence-electron chi connectivity index (χ4n) is 1.97. The van der Waals surface area contributed by atoms with Crippen molar-refractivity contribution in [1.82, 2.24) is 14.9 Å². The first-order chi connectivity index (χ1) is 10.0. The van der Waals surface area contributed by atoms with Crippen LogP contribution in [0, 0.1) is 6.92 Å². The predicted octanol–water partition coefficient (Wildman–Crippen LogP) is 1.12. The van der Waals surface area contributed by atoms with E-state index in [2.05, 4.69) is 14.9 Å². The molecule has 114 valence electrons. The third kappa shape index (κ3) is 4.13. The SMILES string of the molecule is Cc1[nH]ncc1CCCNS(=O)(=O)c1ccc(CO)cc1. The van der Waals surface area contributed by atoms with Crippen LogP contribution in [0.1, 0.15) is 23.2 Å². The number of aliphatic hydroxyl groups excluding tert-OH is 1. The molecule has 21 heavy (non-hydrogen) atoms. The second-order valence-corrected chi connectivity index (χ2v) is 6.59. The molecule has 0 bridgehead atoms. The van der Waals surface area contributed by atoms with Crippen LogP contribution in [0.25, 0.3) is 0 Å². The summed E-state index contributed by atoms with van der Waals surface area (Å²) in [6.45, 7) is 2.21. The molecule has 3 N–H and O–H groups in total. The van der Waals surface area contributed by atoms with Crippen LogP contribution in [0.15, 0.2) is 35.4 Å². The lowest BCUT2D eigenvalue weighted by Crippen LogP contribution is -2.25. The summed E-state index contributed by atoms with van der Waals surface area (Å²) in [5, 5.41) is 15.7. The third-order valence-corrected chi connectivity index (χ3v) is 4.74. The van der Waals surface area contributed by atoms with Crippen LogP contribution in [-0.2, 0) is 23.1 Å². The number of aromatic amines is 1. The van der Waals surface area contributed by atoms with Crippen LogP contribution in [-0.4, -0.2) is 30.3 Å². The van der Waals surface area contributed by atoms with E-state index in [0.717, 1.165) is 17.7 Å². The zero-order valence-electron chi connectivity index (χ0n) is 11.8. The van der Waals surface area contributed by atoms with E-state index in [-0.39, 0.29) is 11.5 Å². The molecule has 1 aromatic carbocycles. The summed E-state index contributed by atoms with van der Waals surface area (Å²) in [6.07, 6.45) is 3.24. The molecule has 0 radical (unpaired) electrons. The summed E-state index contributed by atoms with van der Waals surface area (Å²) in [5.41, 5.74) is 2.79. The number of aromatic nitrogens is 2. The summed E-state index contributed by atoms with van der Waals surface area (Å²) in [7, 11) is -3.49. The number of aliphatic hydroxyl groups is 1. The van der Waals surface area contributed by atoms with Gasteiger partial charge in [0.25, 0.3) is 0 Å². The molecule has 6 nitrogen and oxygen atoms in total. The van der Waals surface area contributed by atoms with Gasteiger partial charge in [0.1, 0.15) is 0 Å². The number of nitrogens with zero attached hydrogens (tertiary/aromatic N) is 1. The first kappa shape index (κ1) is 15.7. The Bertz CT molecular complexity index is 678. The van der Waals surface area contributed by atoms with Gasteiger partial charge < -0.3 is 5.11 Å². The van der Waals surface area contributed by atoms with E-state index in [0.29, 0.717) is 18.5 Å². The molecule has 0 saturated carbocycles. The van der Waals surface area contributed by atoms with E-state index < -0.39 is 10.0 Å². The van der Waals surface area contributed by atoms with Gasteiger partial charge in [0, 0.05) is 12.2 Å². The number of hydrogen-bond donors (Lipinski definition) is 3. The lowest BCUT2D eigenvalue weighted by Gasteiger charge is -2.07. The van der Waals surface area contributed by atoms with Crippen LogP contribution < -0.4 is 4.72 Å². The second-order valence-electron chi connectivity index (χ2n) is 4.82. The molecule has 2 rings (SSSR count). The average molecular weight is 309 g/mol. The number of benzene rings is 1. The average Bonchev–Trinajstić information content (AvgIpc) is 2.89. The van der Waals surface area contributed by atoms with E-state index >= 15 is 0 Å². The van der Waals surface area contributed by atoms with Gasteiger partial charge in [-0.3, -0.25) is 5.10 Å². The summed E-state index contributed by atoms with van der Waals surface area (Å²) < 4.78 is 26.7. The molecule has 0 aliphatic rings. The Morgan fingerprint density at radius 2 is 2.00 bits per heavy atom. The van der Waals surface area contributed by atoms with Crippen molar-refractivity contribution in [2.24, 2.45) is 0 Å². The number of aryl methyl sites for hydroxylation is 2. The van der Waals surface area contributed by atoms with Gasteiger partial charge in [0.2, 0.25) is 10.0 Å². The number of hydrogen-bond acceptors (Lipinski definition) is 4. The molecule has 0 saturated heterocycles. The molecule has 1 heterocycles. The van der Waals surface area contributed by atoms with Gasteiger partial charge >= 0.3 is 0 Å². The van der Waals surface area contributed by atoms with Gasteiger partial charge in [-0.15, -0.1) is 0 Å². The molecule has 0 aliphatic heterocycles. The standard InChI is InChI=1S/C14H19N3O3S/c1-11-13(9-15-17-11)3-2-8-16-21(19,20)14-6-4-12(10-18)5-7-14/h4-7,9,16,18H,2-3,8,10H2,1H3,(H,15,17). The Balaban J connectivity index is 1.87. The summed E-state index contributed by atoms with van der Waals surface area (Å²) in [6, 6.07) is 6.19. The van der Waals surface area contributed by atoms with Crippen molar-refractivity contribution >= 4 is 10.0 Å². The zero-order chi connectivity index (χ0) is 15.3. The number of H-pyrrole nitrogens is 1. The Morgan fingerprint density at radius 1 is 1.29 bits per heavy atom. The number of rotatable bonds is 7. The Morgan fingerprint density at radius 3 is 2.57 bits per heavy atom. The maximum absolute atomic E-state index is 12.1. The first-order valence-corrected chi connectivity index (χ1v) is 8.19. The summed E-state index contributed by atoms with van der Waals surface area (Å²) in [5.74, 6) is 0. The maximum atomic E-state index is 12.1. The van der Waals surface area contributed by atoms with Crippen molar-refractivity contribution in [3.8, 4) is 0 Å². The molecule has 2 aromatic rings. The predicted molar refractivity (Wildman–Crippen MR) is 79.2 cm³/mol. The Kier molecular flexibility index (Phi) is 5.11. The normalized spacial score (nSPS) is 11.7. The molecule has 0 unspecified atom stereocenters. The molecule has 0 aliphatic carbocycles. The highest BCUT2D eigenvalue weighted by Gasteiger charge is 2.13. The van der Waals surface area contributed by atoms with Gasteiger partial charge in [0.15, 0.2) is 0 Å². The van der Waals surface area contributed by atoms with Crippen LogP contribution in [0.3, 0.4) is 0 Å². The smallest absolute Gasteiger partial charge is 0.240 e. The topological polar surface area (TPSA) is 95.1 Å². The monoisotopic (exact) mass is 309 g/mol. The van der Waals surface area contributed by atoms with E-state index in [1.165, 1.54) is 12.1 Å². The Labute approximate surface area is 124 Å². The molecule has 1 aromatic heterocycles. The minimum atomic E-state index is -3.49. The minimum absolute atomic E-state index is 0.0994. The fourth-order valence-corrected chi connectivity index (χ4v) is 3.04. The molecular weight excluding hydrogens is 290 g/mol. The number of sulfonamides is 1. The van der Waals surface area contributed by atoms with Gasteiger partial charge in [-0.25, -0.2) is 13.1 Å². The second kappa shape index (κ2) is 6.84. The molecule has 7 heteroatoms. The minimum Gasteiger partial charge on any atom is -0.392 e. The molecular formula is C14H19N3O3S. The number of nitrogens with one attached hydrogen (secondary N) is 2. The first-order valence-electron chi connectivity index (χ1n) is 6.71. The van der Waals surface area contributed by atoms with Crippen molar-refractivity contribution in [3.05, 3.63) is 47.3 Å². The lowest BCUT2D eigenvalue weighted by atomic mass is 10.1. The maximum Gasteiger partial charge on any atom is 0.240 e. The lowest BCUT2D eigenvalue weighted by molar-refractivity contribution is 0.282. The quantitative estimate of drug-likeness (QED) is 0.668. The molecule has 0 spiro atoms. The largest absolute Gasteiger partial charge is 0.392 e. The van der Waals surface area contributed by atoms with Gasteiger partial charge in [-0.05, 0) is 43.0 Å². The van der Waals surface area contributed by atoms with Crippen LogP contribution in [0.2, 0.25) is 0 Å². The summed E-state index contributed by atoms with van der Waals surface area (Å²) >= 11 is 0. The molecule has 0 atom stereocenters. The Hall–Kier alpha value is -1.70. The molecule has 0 amide bonds. The van der Waals surface area contributed by atoms with Crippen LogP contribution >= 0.6 is 0 Å². The highest BCUT2D eigenvalue weighted by atomic mass is 32.2. The van der Waals surface area contributed by atoms with Crippen molar-refractivity contribution in [2.75, 3.05) is 6.54 Å². The zero-order valence-corrected chi connectivity index (χ0v) is 12.7. The van der Waals surface area contributed by atoms with Gasteiger partial charge in [-0.2, -0.15) is 5.10 Å². The van der Waals surface area contributed by atoms with Gasteiger partial charge in [-0.1, -0.05) is 12.1 Å². The van der Waals surface area contributed by atoms with Gasteiger partial charge in [0.05, 0.1) is 17.7 Å². The van der Waals surface area contributed by atoms with Crippen molar-refractivity contribution < 1.29 is 13.5 Å². The van der Waals surface area contributed by atoms with Crippen molar-refractivity contribution in [2.45, 2.75) is 31.3 Å². The fraction of sp³-hybridized carbons (Fsp3) is 0.357. The summed E-state index contributed by atoms with van der Waals surface area (Å²) in [4.78, 5) is 0.208. The van der Waals surface area contributed by atoms with E-state index in [9.17, 15) is 8.42 Å². The van der Waals surface area contributed by atoms with Crippen molar-refractivity contribution in [3.63, 3.8) is 0 Å². The van der Waals surface area contributed by atoms with Crippen LogP contribution in [0.5, 0.6) is 0 Å². The highest BCUT2D eigenvalue weighted by molar-refractivity contribution is 7.89. The van der Waals surface area contributed by atoms with Crippen LogP contribution in [0.4, 0.5) is 0 Å². The van der Waals surface area contributed by atoms with Crippen molar-refractivity contribution in [1.29, 1.82) is 0 Å². The third-order valence-electron chi connectivity index (χ3n) is 3.27. The molecule has 0 fully saturated rings.